The monoisotopic (exact) mass is 579 g/mol. The number of benzene rings is 1. The fourth-order valence-electron chi connectivity index (χ4n) is 5.42. The lowest BCUT2D eigenvalue weighted by atomic mass is 9.93. The Morgan fingerprint density at radius 1 is 1.02 bits per heavy atom. The van der Waals surface area contributed by atoms with Crippen molar-refractivity contribution in [3.05, 3.63) is 35.9 Å². The minimum Gasteiger partial charge on any atom is -0.493 e. The first kappa shape index (κ1) is 28.3. The highest BCUT2D eigenvalue weighted by Gasteiger charge is 2.44. The molecule has 3 aliphatic rings. The van der Waals surface area contributed by atoms with Gasteiger partial charge in [-0.2, -0.15) is 0 Å². The van der Waals surface area contributed by atoms with Gasteiger partial charge in [-0.1, -0.05) is 0 Å². The van der Waals surface area contributed by atoms with Crippen LogP contribution in [0.15, 0.2) is 30.3 Å². The Morgan fingerprint density at radius 3 is 2.33 bits per heavy atom. The molecule has 2 aromatic rings. The molecule has 1 aromatic carbocycles. The van der Waals surface area contributed by atoms with Crippen LogP contribution in [0.25, 0.3) is 0 Å². The molecule has 0 bridgehead atoms. The number of ether oxygens (including phenoxy) is 1. The van der Waals surface area contributed by atoms with Crippen LogP contribution in [-0.4, -0.2) is 76.0 Å². The average Bonchev–Trinajstić information content (AvgIpc) is 3.67. The van der Waals surface area contributed by atoms with Gasteiger partial charge in [0, 0.05) is 39.0 Å². The van der Waals surface area contributed by atoms with E-state index in [9.17, 15) is 22.0 Å². The molecular weight excluding hydrogens is 544 g/mol. The van der Waals surface area contributed by atoms with Gasteiger partial charge in [-0.25, -0.2) is 22.2 Å². The highest BCUT2D eigenvalue weighted by Crippen LogP contribution is 2.54. The topological polar surface area (TPSA) is 124 Å². The smallest absolute Gasteiger partial charge is 0.258 e. The van der Waals surface area contributed by atoms with Gasteiger partial charge in [-0.05, 0) is 61.4 Å². The lowest BCUT2D eigenvalue weighted by molar-refractivity contribution is -0.0222. The van der Waals surface area contributed by atoms with Crippen LogP contribution >= 0.6 is 0 Å². The molecule has 1 amide bonds. The normalized spacial score (nSPS) is 19.8. The Balaban J connectivity index is 1.40. The van der Waals surface area contributed by atoms with Crippen molar-refractivity contribution in [2.75, 3.05) is 65.5 Å². The number of aromatic nitrogens is 1. The number of nitrogens with one attached hydrogen (secondary N) is 2. The molecule has 0 radical (unpaired) electrons. The molecule has 1 aliphatic carbocycles. The van der Waals surface area contributed by atoms with Crippen molar-refractivity contribution in [3.8, 4) is 5.75 Å². The minimum atomic E-state index is -3.74. The molecular formula is C27H35F2N5O5S. The number of aliphatic hydroxyl groups is 1. The number of methoxy groups -OCH3 is 1. The lowest BCUT2D eigenvalue weighted by Crippen LogP contribution is -2.40. The van der Waals surface area contributed by atoms with E-state index in [0.29, 0.717) is 33.9 Å². The zero-order valence-corrected chi connectivity index (χ0v) is 23.3. The van der Waals surface area contributed by atoms with Crippen molar-refractivity contribution in [2.45, 2.75) is 44.4 Å². The highest BCUT2D eigenvalue weighted by atomic mass is 32.2. The molecule has 0 atom stereocenters. The van der Waals surface area contributed by atoms with Crippen LogP contribution < -0.4 is 24.6 Å². The fourth-order valence-corrected chi connectivity index (χ4v) is 6.25. The summed E-state index contributed by atoms with van der Waals surface area (Å²) in [5.74, 6) is -2.52. The summed E-state index contributed by atoms with van der Waals surface area (Å²) in [4.78, 5) is 21.9. The van der Waals surface area contributed by atoms with Gasteiger partial charge in [0.25, 0.3) is 11.8 Å². The standard InChI is InChI=1S/C27H35F2N5O5S/c1-39-22-4-5-23(30-24(22)34-14-10-27(28,29)11-15-34)31-25(36)20-3-2-19(32-40(37,38)17-16-35)18-21(20)33-12-8-26(6-7-26)9-13-33/h2-5,18,32,35H,6-17H2,1H3,(H,30,31,36). The fraction of sp³-hybridized carbons (Fsp3) is 0.556. The van der Waals surface area contributed by atoms with Crippen LogP contribution in [0, 0.1) is 5.41 Å². The van der Waals surface area contributed by atoms with E-state index in [0.717, 1.165) is 25.9 Å². The van der Waals surface area contributed by atoms with Crippen LogP contribution in [-0.2, 0) is 10.0 Å². The first-order chi connectivity index (χ1) is 19.0. The van der Waals surface area contributed by atoms with Crippen molar-refractivity contribution in [3.63, 3.8) is 0 Å². The van der Waals surface area contributed by atoms with Gasteiger partial charge in [0.2, 0.25) is 10.0 Å². The third-order valence-electron chi connectivity index (χ3n) is 8.09. The number of nitrogens with zero attached hydrogens (tertiary/aromatic N) is 3. The summed E-state index contributed by atoms with van der Waals surface area (Å²) in [6.07, 6.45) is 3.87. The van der Waals surface area contributed by atoms with Gasteiger partial charge in [0.15, 0.2) is 11.6 Å². The van der Waals surface area contributed by atoms with Gasteiger partial charge in [0.1, 0.15) is 5.82 Å². The third kappa shape index (κ3) is 6.41. The second kappa shape index (κ2) is 11.0. The SMILES string of the molecule is COc1ccc(NC(=O)c2ccc(NS(=O)(=O)CCO)cc2N2CCC3(CC2)CC3)nc1N1CCC(F)(F)CC1. The molecule has 1 aromatic heterocycles. The van der Waals surface area contributed by atoms with Gasteiger partial charge in [0.05, 0.1) is 36.4 Å². The molecule has 3 fully saturated rings. The number of rotatable bonds is 9. The van der Waals surface area contributed by atoms with Crippen LogP contribution in [0.4, 0.5) is 31.8 Å². The van der Waals surface area contributed by atoms with Gasteiger partial charge < -0.3 is 25.0 Å². The van der Waals surface area contributed by atoms with E-state index in [1.807, 2.05) is 0 Å². The van der Waals surface area contributed by atoms with Crippen LogP contribution in [0.1, 0.15) is 48.9 Å². The number of pyridine rings is 1. The Bertz CT molecular complexity index is 1350. The maximum Gasteiger partial charge on any atom is 0.258 e. The van der Waals surface area contributed by atoms with E-state index in [2.05, 4.69) is 19.9 Å². The molecule has 3 heterocycles. The molecule has 40 heavy (non-hydrogen) atoms. The number of halogens is 2. The molecule has 2 saturated heterocycles. The van der Waals surface area contributed by atoms with E-state index in [1.54, 1.807) is 29.2 Å². The number of piperidine rings is 2. The van der Waals surface area contributed by atoms with Crippen LogP contribution in [0.2, 0.25) is 0 Å². The summed E-state index contributed by atoms with van der Waals surface area (Å²) in [5, 5.41) is 11.9. The Kier molecular flexibility index (Phi) is 7.79. The Labute approximate surface area is 232 Å². The Morgan fingerprint density at radius 2 is 1.70 bits per heavy atom. The summed E-state index contributed by atoms with van der Waals surface area (Å²) in [6, 6.07) is 7.97. The number of alkyl halides is 2. The minimum absolute atomic E-state index is 0.113. The van der Waals surface area contributed by atoms with E-state index in [4.69, 9.17) is 9.84 Å². The number of sulfonamides is 1. The van der Waals surface area contributed by atoms with E-state index in [-0.39, 0.29) is 31.7 Å². The average molecular weight is 580 g/mol. The van der Waals surface area contributed by atoms with Crippen molar-refractivity contribution >= 4 is 38.9 Å². The molecule has 13 heteroatoms. The van der Waals surface area contributed by atoms with Gasteiger partial charge in [-0.15, -0.1) is 0 Å². The molecule has 218 valence electrons. The molecule has 0 unspecified atom stereocenters. The van der Waals surface area contributed by atoms with Crippen molar-refractivity contribution < 1.29 is 31.8 Å². The molecule has 2 aliphatic heterocycles. The number of carbonyl (C=O) groups is 1. The zero-order chi connectivity index (χ0) is 28.5. The molecule has 5 rings (SSSR count). The first-order valence-corrected chi connectivity index (χ1v) is 15.2. The summed E-state index contributed by atoms with van der Waals surface area (Å²) in [7, 11) is -2.27. The number of hydrogen-bond acceptors (Lipinski definition) is 8. The maximum absolute atomic E-state index is 13.7. The predicted octanol–water partition coefficient (Wildman–Crippen LogP) is 3.69. The van der Waals surface area contributed by atoms with Gasteiger partial charge in [-0.3, -0.25) is 9.52 Å². The quantitative estimate of drug-likeness (QED) is 0.411. The van der Waals surface area contributed by atoms with E-state index < -0.39 is 34.2 Å². The number of amides is 1. The Hall–Kier alpha value is -3.19. The third-order valence-corrected chi connectivity index (χ3v) is 9.36. The maximum atomic E-state index is 13.7. The van der Waals surface area contributed by atoms with Crippen LogP contribution in [0.5, 0.6) is 5.75 Å². The van der Waals surface area contributed by atoms with Crippen molar-refractivity contribution in [2.24, 2.45) is 5.41 Å². The molecule has 10 nitrogen and oxygen atoms in total. The number of carbonyl (C=O) groups excluding carboxylic acids is 1. The second-order valence-electron chi connectivity index (χ2n) is 10.9. The molecule has 1 spiro atoms. The molecule has 1 saturated carbocycles. The lowest BCUT2D eigenvalue weighted by Gasteiger charge is -2.35. The van der Waals surface area contributed by atoms with Crippen LogP contribution in [0.3, 0.4) is 0 Å². The van der Waals surface area contributed by atoms with E-state index >= 15 is 0 Å². The van der Waals surface area contributed by atoms with Crippen molar-refractivity contribution in [1.82, 2.24) is 4.98 Å². The summed E-state index contributed by atoms with van der Waals surface area (Å²) in [5.41, 5.74) is 1.66. The van der Waals surface area contributed by atoms with E-state index in [1.165, 1.54) is 26.0 Å². The van der Waals surface area contributed by atoms with Crippen molar-refractivity contribution in [1.29, 1.82) is 0 Å². The summed E-state index contributed by atoms with van der Waals surface area (Å²) >= 11 is 0. The zero-order valence-electron chi connectivity index (χ0n) is 22.5. The first-order valence-electron chi connectivity index (χ1n) is 13.5. The summed E-state index contributed by atoms with van der Waals surface area (Å²) < 4.78 is 59.8. The molecule has 3 N–H and O–H groups in total. The van der Waals surface area contributed by atoms with Gasteiger partial charge >= 0.3 is 0 Å². The number of anilines is 4. The second-order valence-corrected chi connectivity index (χ2v) is 12.7. The largest absolute Gasteiger partial charge is 0.493 e. The highest BCUT2D eigenvalue weighted by molar-refractivity contribution is 7.92. The summed E-state index contributed by atoms with van der Waals surface area (Å²) in [6.45, 7) is 1.22. The predicted molar refractivity (Wildman–Crippen MR) is 149 cm³/mol. The number of aliphatic hydroxyl groups excluding tert-OH is 1. The number of hydrogen-bond donors (Lipinski definition) is 3.